The first-order valence-electron chi connectivity index (χ1n) is 8.68. The Balaban J connectivity index is 2.23. The fourth-order valence-corrected chi connectivity index (χ4v) is 3.22. The van der Waals surface area contributed by atoms with Crippen LogP contribution in [0, 0.1) is 11.8 Å². The lowest BCUT2D eigenvalue weighted by atomic mass is 9.94. The van der Waals surface area contributed by atoms with Crippen LogP contribution in [0.1, 0.15) is 32.8 Å². The minimum Gasteiger partial charge on any atom is -0.480 e. The van der Waals surface area contributed by atoms with Crippen molar-refractivity contribution in [1.29, 1.82) is 0 Å². The van der Waals surface area contributed by atoms with E-state index in [9.17, 15) is 19.5 Å². The van der Waals surface area contributed by atoms with Crippen LogP contribution in [0.2, 0.25) is 0 Å². The summed E-state index contributed by atoms with van der Waals surface area (Å²) in [5, 5.41) is 11.9. The van der Waals surface area contributed by atoms with Crippen LogP contribution in [0.5, 0.6) is 0 Å². The molecule has 2 rings (SSSR count). The summed E-state index contributed by atoms with van der Waals surface area (Å²) in [4.78, 5) is 38.1. The molecule has 0 aliphatic carbocycles. The van der Waals surface area contributed by atoms with Gasteiger partial charge >= 0.3 is 5.97 Å². The molecule has 0 spiro atoms. The van der Waals surface area contributed by atoms with Crippen LogP contribution in [0.4, 0.5) is 5.69 Å². The summed E-state index contributed by atoms with van der Waals surface area (Å²) in [5.74, 6) is -1.83. The van der Waals surface area contributed by atoms with Gasteiger partial charge in [-0.2, -0.15) is 0 Å². The van der Waals surface area contributed by atoms with Crippen molar-refractivity contribution in [2.24, 2.45) is 11.8 Å². The van der Waals surface area contributed by atoms with Crippen LogP contribution in [-0.4, -0.2) is 40.3 Å². The van der Waals surface area contributed by atoms with Crippen molar-refractivity contribution in [1.82, 2.24) is 5.32 Å². The maximum absolute atomic E-state index is 12.9. The highest BCUT2D eigenvalue weighted by molar-refractivity contribution is 7.82. The standard InChI is InChI=1S/C19H24N2O4S/c1-11(2)12(3)17(26)18(24)20-14-9-8-13-6-4-5-7-15(13)21(19(14)25)10-16(22)23/h4-7,11-12,14H,8-10H2,1-3H3,(H,20,24)(H,22,23)/t12?,14-/m0/s1. The Morgan fingerprint density at radius 3 is 2.58 bits per heavy atom. The number of amides is 2. The molecule has 1 aliphatic heterocycles. The van der Waals surface area contributed by atoms with Crippen molar-refractivity contribution in [2.45, 2.75) is 39.7 Å². The van der Waals surface area contributed by atoms with Crippen molar-refractivity contribution in [3.63, 3.8) is 0 Å². The molecule has 6 nitrogen and oxygen atoms in total. The number of carboxylic acid groups (broad SMARTS) is 1. The number of fused-ring (bicyclic) bond motifs is 1. The molecular formula is C19H24N2O4S. The van der Waals surface area contributed by atoms with Crippen LogP contribution < -0.4 is 10.2 Å². The zero-order chi connectivity index (χ0) is 19.4. The van der Waals surface area contributed by atoms with Gasteiger partial charge in [-0.3, -0.25) is 19.3 Å². The van der Waals surface area contributed by atoms with Crippen LogP contribution in [0.3, 0.4) is 0 Å². The number of carbonyl (C=O) groups excluding carboxylic acids is 2. The molecule has 1 unspecified atom stereocenters. The number of carbonyl (C=O) groups is 3. The van der Waals surface area contributed by atoms with Gasteiger partial charge in [-0.05, 0) is 36.3 Å². The summed E-state index contributed by atoms with van der Waals surface area (Å²) in [6.07, 6.45) is 0.964. The first-order chi connectivity index (χ1) is 12.2. The van der Waals surface area contributed by atoms with Crippen LogP contribution in [-0.2, 0) is 20.8 Å². The second-order valence-corrected chi connectivity index (χ2v) is 7.35. The molecular weight excluding hydrogens is 352 g/mol. The lowest BCUT2D eigenvalue weighted by molar-refractivity contribution is -0.136. The quantitative estimate of drug-likeness (QED) is 0.744. The predicted molar refractivity (Wildman–Crippen MR) is 103 cm³/mol. The highest BCUT2D eigenvalue weighted by Crippen LogP contribution is 2.27. The number of carboxylic acids is 1. The summed E-state index contributed by atoms with van der Waals surface area (Å²) in [5.41, 5.74) is 1.46. The largest absolute Gasteiger partial charge is 0.480 e. The van der Waals surface area contributed by atoms with E-state index in [1.165, 1.54) is 4.90 Å². The Kier molecular flexibility index (Phi) is 6.47. The Hall–Kier alpha value is -2.28. The molecule has 1 aromatic carbocycles. The number of hydrogen-bond acceptors (Lipinski definition) is 4. The van der Waals surface area contributed by atoms with Crippen molar-refractivity contribution in [3.8, 4) is 0 Å². The van der Waals surface area contributed by atoms with Gasteiger partial charge in [0.15, 0.2) is 0 Å². The number of para-hydroxylation sites is 1. The third kappa shape index (κ3) is 4.46. The van der Waals surface area contributed by atoms with Gasteiger partial charge in [-0.15, -0.1) is 0 Å². The SMILES string of the molecule is CC(C)C(C)C(=S)C(=O)N[C@H]1CCc2ccccc2N(CC(=O)O)C1=O. The Morgan fingerprint density at radius 1 is 1.31 bits per heavy atom. The first-order valence-corrected chi connectivity index (χ1v) is 9.09. The Bertz CT molecular complexity index is 732. The number of hydrogen-bond donors (Lipinski definition) is 2. The van der Waals surface area contributed by atoms with E-state index in [0.29, 0.717) is 18.5 Å². The van der Waals surface area contributed by atoms with E-state index in [1.807, 2.05) is 32.9 Å². The average Bonchev–Trinajstić information content (AvgIpc) is 2.72. The number of aliphatic carboxylic acids is 1. The molecule has 7 heteroatoms. The van der Waals surface area contributed by atoms with Gasteiger partial charge in [0.25, 0.3) is 5.91 Å². The zero-order valence-electron chi connectivity index (χ0n) is 15.2. The molecule has 1 heterocycles. The van der Waals surface area contributed by atoms with Crippen molar-refractivity contribution in [3.05, 3.63) is 29.8 Å². The van der Waals surface area contributed by atoms with Gasteiger partial charge in [-0.1, -0.05) is 51.2 Å². The molecule has 26 heavy (non-hydrogen) atoms. The van der Waals surface area contributed by atoms with Gasteiger partial charge in [0.1, 0.15) is 12.6 Å². The number of nitrogens with one attached hydrogen (secondary N) is 1. The number of thiocarbonyl (C=S) groups is 1. The summed E-state index contributed by atoms with van der Waals surface area (Å²) in [6.45, 7) is 5.39. The summed E-state index contributed by atoms with van der Waals surface area (Å²) in [6, 6.07) is 6.41. The Labute approximate surface area is 158 Å². The maximum Gasteiger partial charge on any atom is 0.323 e. The molecule has 2 N–H and O–H groups in total. The molecule has 2 atom stereocenters. The maximum atomic E-state index is 12.9. The minimum absolute atomic E-state index is 0.0850. The number of anilines is 1. The molecule has 2 amide bonds. The van der Waals surface area contributed by atoms with Crippen molar-refractivity contribution in [2.75, 3.05) is 11.4 Å². The van der Waals surface area contributed by atoms with Gasteiger partial charge < -0.3 is 10.4 Å². The fourth-order valence-electron chi connectivity index (χ4n) is 2.89. The number of rotatable bonds is 6. The molecule has 1 aromatic rings. The summed E-state index contributed by atoms with van der Waals surface area (Å²) >= 11 is 5.25. The normalized spacial score (nSPS) is 18.1. The van der Waals surface area contributed by atoms with E-state index in [4.69, 9.17) is 12.2 Å². The van der Waals surface area contributed by atoms with E-state index in [1.54, 1.807) is 12.1 Å². The van der Waals surface area contributed by atoms with Crippen molar-refractivity contribution >= 4 is 40.6 Å². The van der Waals surface area contributed by atoms with Crippen LogP contribution >= 0.6 is 12.2 Å². The van der Waals surface area contributed by atoms with Gasteiger partial charge in [0, 0.05) is 5.69 Å². The lowest BCUT2D eigenvalue weighted by Crippen LogP contribution is -2.51. The molecule has 0 saturated carbocycles. The Morgan fingerprint density at radius 2 is 1.96 bits per heavy atom. The average molecular weight is 376 g/mol. The number of aryl methyl sites for hydroxylation is 1. The van der Waals surface area contributed by atoms with E-state index < -0.39 is 30.4 Å². The minimum atomic E-state index is -1.11. The van der Waals surface area contributed by atoms with E-state index in [2.05, 4.69) is 5.32 Å². The second kappa shape index (κ2) is 8.40. The molecule has 0 aromatic heterocycles. The van der Waals surface area contributed by atoms with Gasteiger partial charge in [0.2, 0.25) is 5.91 Å². The first kappa shape index (κ1) is 20.0. The smallest absolute Gasteiger partial charge is 0.323 e. The second-order valence-electron chi connectivity index (χ2n) is 6.91. The fraction of sp³-hybridized carbons (Fsp3) is 0.474. The third-order valence-corrected chi connectivity index (χ3v) is 5.34. The predicted octanol–water partition coefficient (Wildman–Crippen LogP) is 2.20. The summed E-state index contributed by atoms with van der Waals surface area (Å²) < 4.78 is 0. The molecule has 1 aliphatic rings. The van der Waals surface area contributed by atoms with E-state index >= 15 is 0 Å². The molecule has 0 fully saturated rings. The zero-order valence-corrected chi connectivity index (χ0v) is 16.0. The van der Waals surface area contributed by atoms with Crippen LogP contribution in [0.25, 0.3) is 0 Å². The summed E-state index contributed by atoms with van der Waals surface area (Å²) in [7, 11) is 0. The van der Waals surface area contributed by atoms with Crippen LogP contribution in [0.15, 0.2) is 24.3 Å². The molecule has 0 radical (unpaired) electrons. The van der Waals surface area contributed by atoms with E-state index in [-0.39, 0.29) is 16.7 Å². The highest BCUT2D eigenvalue weighted by Gasteiger charge is 2.33. The lowest BCUT2D eigenvalue weighted by Gasteiger charge is -2.25. The third-order valence-electron chi connectivity index (χ3n) is 4.78. The highest BCUT2D eigenvalue weighted by atomic mass is 32.1. The molecule has 0 bridgehead atoms. The topological polar surface area (TPSA) is 86.7 Å². The van der Waals surface area contributed by atoms with E-state index in [0.717, 1.165) is 5.56 Å². The molecule has 0 saturated heterocycles. The van der Waals surface area contributed by atoms with Gasteiger partial charge in [-0.25, -0.2) is 0 Å². The van der Waals surface area contributed by atoms with Gasteiger partial charge in [0.05, 0.1) is 4.86 Å². The molecule has 140 valence electrons. The number of nitrogens with zero attached hydrogens (tertiary/aromatic N) is 1. The van der Waals surface area contributed by atoms with Crippen molar-refractivity contribution < 1.29 is 19.5 Å². The number of benzene rings is 1. The monoisotopic (exact) mass is 376 g/mol.